The molecule has 2 aliphatic heterocycles. The van der Waals surface area contributed by atoms with Crippen LogP contribution in [0.2, 0.25) is 0 Å². The van der Waals surface area contributed by atoms with Crippen molar-refractivity contribution in [1.29, 1.82) is 0 Å². The van der Waals surface area contributed by atoms with Crippen LogP contribution in [0.4, 0.5) is 0 Å². The third-order valence-electron chi connectivity index (χ3n) is 1.93. The topological polar surface area (TPSA) is 18.5 Å². The molecule has 58 valence electrons. The zero-order chi connectivity index (χ0) is 7.14. The standard InChI is InChI=1S/C6H8I2O2/c7-3-1-9-6-4(8)2-10-5(3)6/h3-6H,1-2H2/t3-,4-,5+,6+/m0/s1. The highest BCUT2D eigenvalue weighted by Crippen LogP contribution is 2.34. The van der Waals surface area contributed by atoms with Gasteiger partial charge in [-0.15, -0.1) is 0 Å². The summed E-state index contributed by atoms with van der Waals surface area (Å²) in [4.78, 5) is 0. The summed E-state index contributed by atoms with van der Waals surface area (Å²) in [5.41, 5.74) is 0. The first-order valence-electron chi connectivity index (χ1n) is 3.30. The van der Waals surface area contributed by atoms with Gasteiger partial charge in [0.05, 0.1) is 33.3 Å². The number of ether oxygens (including phenoxy) is 2. The van der Waals surface area contributed by atoms with Crippen molar-refractivity contribution in [2.75, 3.05) is 13.2 Å². The van der Waals surface area contributed by atoms with Crippen LogP contribution in [0.25, 0.3) is 0 Å². The zero-order valence-electron chi connectivity index (χ0n) is 5.30. The minimum Gasteiger partial charge on any atom is -0.373 e. The van der Waals surface area contributed by atoms with Crippen LogP contribution in [0.1, 0.15) is 0 Å². The molecule has 0 amide bonds. The van der Waals surface area contributed by atoms with Crippen LogP contribution in [-0.2, 0) is 9.47 Å². The number of hydrogen-bond donors (Lipinski definition) is 0. The van der Waals surface area contributed by atoms with Crippen molar-refractivity contribution in [1.82, 2.24) is 0 Å². The number of rotatable bonds is 0. The first-order chi connectivity index (χ1) is 4.79. The molecule has 4 atom stereocenters. The van der Waals surface area contributed by atoms with E-state index in [1.54, 1.807) is 0 Å². The van der Waals surface area contributed by atoms with Gasteiger partial charge >= 0.3 is 0 Å². The van der Waals surface area contributed by atoms with Crippen molar-refractivity contribution in [3.05, 3.63) is 0 Å². The lowest BCUT2D eigenvalue weighted by molar-refractivity contribution is 0.0754. The Kier molecular flexibility index (Phi) is 2.42. The fourth-order valence-electron chi connectivity index (χ4n) is 1.41. The lowest BCUT2D eigenvalue weighted by Crippen LogP contribution is -2.25. The van der Waals surface area contributed by atoms with E-state index < -0.39 is 0 Å². The Balaban J connectivity index is 2.09. The molecule has 2 rings (SSSR count). The van der Waals surface area contributed by atoms with Crippen molar-refractivity contribution in [3.63, 3.8) is 0 Å². The molecule has 2 heterocycles. The summed E-state index contributed by atoms with van der Waals surface area (Å²) in [6, 6.07) is 0. The molecule has 10 heavy (non-hydrogen) atoms. The first kappa shape index (κ1) is 8.00. The molecule has 0 saturated carbocycles. The molecule has 0 aromatic heterocycles. The second-order valence-electron chi connectivity index (χ2n) is 2.63. The predicted molar refractivity (Wildman–Crippen MR) is 55.1 cm³/mol. The van der Waals surface area contributed by atoms with E-state index in [9.17, 15) is 0 Å². The number of fused-ring (bicyclic) bond motifs is 1. The molecule has 0 aromatic rings. The monoisotopic (exact) mass is 366 g/mol. The highest BCUT2D eigenvalue weighted by atomic mass is 127. The predicted octanol–water partition coefficient (Wildman–Crippen LogP) is 1.39. The lowest BCUT2D eigenvalue weighted by Gasteiger charge is -2.09. The number of alkyl halides is 2. The minimum absolute atomic E-state index is 0.377. The molecule has 2 saturated heterocycles. The average Bonchev–Trinajstić information content (AvgIpc) is 2.41. The molecular formula is C6H8I2O2. The van der Waals surface area contributed by atoms with Crippen LogP contribution < -0.4 is 0 Å². The van der Waals surface area contributed by atoms with E-state index in [4.69, 9.17) is 9.47 Å². The summed E-state index contributed by atoms with van der Waals surface area (Å²) in [6.45, 7) is 1.74. The van der Waals surface area contributed by atoms with E-state index >= 15 is 0 Å². The highest BCUT2D eigenvalue weighted by molar-refractivity contribution is 14.1. The van der Waals surface area contributed by atoms with Crippen molar-refractivity contribution < 1.29 is 9.47 Å². The normalized spacial score (nSPS) is 53.4. The summed E-state index contributed by atoms with van der Waals surface area (Å²) in [5.74, 6) is 0. The van der Waals surface area contributed by atoms with Gasteiger partial charge in [-0.25, -0.2) is 0 Å². The fraction of sp³-hybridized carbons (Fsp3) is 1.00. The van der Waals surface area contributed by atoms with Gasteiger partial charge < -0.3 is 9.47 Å². The molecule has 0 unspecified atom stereocenters. The third-order valence-corrected chi connectivity index (χ3v) is 4.07. The minimum atomic E-state index is 0.377. The van der Waals surface area contributed by atoms with Gasteiger partial charge in [-0.05, 0) is 0 Å². The highest BCUT2D eigenvalue weighted by Gasteiger charge is 2.45. The van der Waals surface area contributed by atoms with E-state index in [1.165, 1.54) is 0 Å². The van der Waals surface area contributed by atoms with Gasteiger partial charge in [0.1, 0.15) is 0 Å². The third kappa shape index (κ3) is 1.21. The van der Waals surface area contributed by atoms with Crippen molar-refractivity contribution in [3.8, 4) is 0 Å². The molecule has 2 nitrogen and oxygen atoms in total. The van der Waals surface area contributed by atoms with Crippen LogP contribution in [0.15, 0.2) is 0 Å². The Bertz CT molecular complexity index is 126. The van der Waals surface area contributed by atoms with E-state index in [-0.39, 0.29) is 0 Å². The molecule has 2 aliphatic rings. The summed E-state index contributed by atoms with van der Waals surface area (Å²) in [6.07, 6.45) is 0.755. The second kappa shape index (κ2) is 3.02. The molecule has 0 aliphatic carbocycles. The average molecular weight is 366 g/mol. The van der Waals surface area contributed by atoms with E-state index in [0.717, 1.165) is 13.2 Å². The molecule has 0 aromatic carbocycles. The fourth-order valence-corrected chi connectivity index (χ4v) is 3.05. The smallest absolute Gasteiger partial charge is 0.0987 e. The lowest BCUT2D eigenvalue weighted by atomic mass is 10.2. The maximum Gasteiger partial charge on any atom is 0.0987 e. The number of halogens is 2. The summed E-state index contributed by atoms with van der Waals surface area (Å²) in [5, 5.41) is 0. The molecule has 2 fully saturated rings. The summed E-state index contributed by atoms with van der Waals surface area (Å²) in [7, 11) is 0. The second-order valence-corrected chi connectivity index (χ2v) is 5.83. The van der Waals surface area contributed by atoms with Crippen molar-refractivity contribution >= 4 is 45.2 Å². The molecule has 4 heteroatoms. The Hall–Kier alpha value is 1.38. The van der Waals surface area contributed by atoms with Crippen molar-refractivity contribution in [2.45, 2.75) is 20.1 Å². The Morgan fingerprint density at radius 2 is 1.30 bits per heavy atom. The molecular weight excluding hydrogens is 358 g/mol. The zero-order valence-corrected chi connectivity index (χ0v) is 9.61. The first-order valence-corrected chi connectivity index (χ1v) is 5.79. The quantitative estimate of drug-likeness (QED) is 0.477. The van der Waals surface area contributed by atoms with Crippen LogP contribution in [0.5, 0.6) is 0 Å². The maximum atomic E-state index is 5.56. The van der Waals surface area contributed by atoms with Crippen LogP contribution in [0, 0.1) is 0 Å². The van der Waals surface area contributed by atoms with E-state index in [1.807, 2.05) is 0 Å². The van der Waals surface area contributed by atoms with Crippen LogP contribution in [0.3, 0.4) is 0 Å². The molecule has 0 bridgehead atoms. The van der Waals surface area contributed by atoms with Gasteiger partial charge in [0.2, 0.25) is 0 Å². The largest absolute Gasteiger partial charge is 0.373 e. The van der Waals surface area contributed by atoms with Gasteiger partial charge in [-0.3, -0.25) is 0 Å². The summed E-state index contributed by atoms with van der Waals surface area (Å²) < 4.78 is 12.3. The van der Waals surface area contributed by atoms with E-state index in [0.29, 0.717) is 20.1 Å². The maximum absolute atomic E-state index is 5.56. The SMILES string of the molecule is I[C@H]1CO[C@H]2[C@@H]1OC[C@@H]2I. The Morgan fingerprint density at radius 3 is 1.70 bits per heavy atom. The van der Waals surface area contributed by atoms with Gasteiger partial charge in [0, 0.05) is 0 Å². The van der Waals surface area contributed by atoms with Crippen molar-refractivity contribution in [2.24, 2.45) is 0 Å². The van der Waals surface area contributed by atoms with Gasteiger partial charge in [0.25, 0.3) is 0 Å². The molecule has 0 spiro atoms. The van der Waals surface area contributed by atoms with Crippen LogP contribution in [-0.4, -0.2) is 33.3 Å². The van der Waals surface area contributed by atoms with E-state index in [2.05, 4.69) is 45.2 Å². The summed E-state index contributed by atoms with van der Waals surface area (Å²) >= 11 is 4.81. The van der Waals surface area contributed by atoms with Gasteiger partial charge in [0.15, 0.2) is 0 Å². The van der Waals surface area contributed by atoms with Gasteiger partial charge in [-0.1, -0.05) is 45.2 Å². The molecule has 0 N–H and O–H groups in total. The van der Waals surface area contributed by atoms with Crippen LogP contribution >= 0.6 is 45.2 Å². The Morgan fingerprint density at radius 1 is 0.900 bits per heavy atom. The number of hydrogen-bond acceptors (Lipinski definition) is 2. The van der Waals surface area contributed by atoms with Gasteiger partial charge in [-0.2, -0.15) is 0 Å². The Labute approximate surface area is 87.3 Å². The molecule has 0 radical (unpaired) electrons.